The SMILES string of the molecule is C[C@H]1CCCC[C@H]1NC(=O)c1ccc2c(c1)NC(=O)/C(=C\c1cccc(Cl)c1)S2. The molecule has 4 rings (SSSR count). The number of carbonyl (C=O) groups excluding carboxylic acids is 2. The maximum atomic E-state index is 12.7. The van der Waals surface area contributed by atoms with Crippen molar-refractivity contribution in [2.45, 2.75) is 43.5 Å². The van der Waals surface area contributed by atoms with Crippen LogP contribution in [0.25, 0.3) is 6.08 Å². The molecule has 150 valence electrons. The van der Waals surface area contributed by atoms with Gasteiger partial charge in [-0.15, -0.1) is 0 Å². The minimum absolute atomic E-state index is 0.0777. The van der Waals surface area contributed by atoms with E-state index >= 15 is 0 Å². The van der Waals surface area contributed by atoms with Gasteiger partial charge < -0.3 is 10.6 Å². The van der Waals surface area contributed by atoms with Crippen LogP contribution in [0.3, 0.4) is 0 Å². The van der Waals surface area contributed by atoms with Gasteiger partial charge in [0.1, 0.15) is 0 Å². The minimum Gasteiger partial charge on any atom is -0.349 e. The molecule has 4 nitrogen and oxygen atoms in total. The average molecular weight is 427 g/mol. The van der Waals surface area contributed by atoms with E-state index in [1.165, 1.54) is 18.2 Å². The lowest BCUT2D eigenvalue weighted by Gasteiger charge is -2.29. The van der Waals surface area contributed by atoms with Crippen LogP contribution in [0.4, 0.5) is 5.69 Å². The van der Waals surface area contributed by atoms with Crippen LogP contribution in [-0.4, -0.2) is 17.9 Å². The predicted octanol–water partition coefficient (Wildman–Crippen LogP) is 5.73. The number of hydrogen-bond acceptors (Lipinski definition) is 3. The first-order valence-electron chi connectivity index (χ1n) is 9.91. The van der Waals surface area contributed by atoms with E-state index in [2.05, 4.69) is 17.6 Å². The first-order chi connectivity index (χ1) is 14.0. The summed E-state index contributed by atoms with van der Waals surface area (Å²) in [6.07, 6.45) is 6.40. The van der Waals surface area contributed by atoms with E-state index < -0.39 is 0 Å². The molecule has 2 N–H and O–H groups in total. The van der Waals surface area contributed by atoms with Crippen molar-refractivity contribution in [2.75, 3.05) is 5.32 Å². The second-order valence-corrected chi connectivity index (χ2v) is 9.19. The molecule has 0 spiro atoms. The molecule has 0 unspecified atom stereocenters. The fourth-order valence-corrected chi connectivity index (χ4v) is 4.96. The lowest BCUT2D eigenvalue weighted by atomic mass is 9.86. The van der Waals surface area contributed by atoms with Gasteiger partial charge >= 0.3 is 0 Å². The summed E-state index contributed by atoms with van der Waals surface area (Å²) in [7, 11) is 0. The normalized spacial score (nSPS) is 22.7. The number of carbonyl (C=O) groups is 2. The molecular weight excluding hydrogens is 404 g/mol. The zero-order valence-electron chi connectivity index (χ0n) is 16.2. The van der Waals surface area contributed by atoms with Crippen LogP contribution in [0.1, 0.15) is 48.5 Å². The third kappa shape index (κ3) is 4.68. The smallest absolute Gasteiger partial charge is 0.262 e. The molecule has 2 aliphatic rings. The summed E-state index contributed by atoms with van der Waals surface area (Å²) in [6, 6.07) is 13.1. The number of thioether (sulfide) groups is 1. The highest BCUT2D eigenvalue weighted by Crippen LogP contribution is 2.39. The van der Waals surface area contributed by atoms with Crippen molar-refractivity contribution in [3.8, 4) is 0 Å². The van der Waals surface area contributed by atoms with Crippen LogP contribution in [0.15, 0.2) is 52.3 Å². The van der Waals surface area contributed by atoms with Crippen molar-refractivity contribution in [1.29, 1.82) is 0 Å². The van der Waals surface area contributed by atoms with Crippen LogP contribution < -0.4 is 10.6 Å². The molecule has 2 aromatic rings. The fourth-order valence-electron chi connectivity index (χ4n) is 3.83. The maximum Gasteiger partial charge on any atom is 0.262 e. The molecule has 1 aliphatic carbocycles. The molecule has 0 saturated heterocycles. The van der Waals surface area contributed by atoms with Gasteiger partial charge in [-0.05, 0) is 60.7 Å². The van der Waals surface area contributed by atoms with Gasteiger partial charge in [-0.1, -0.05) is 55.3 Å². The summed E-state index contributed by atoms with van der Waals surface area (Å²) in [5.74, 6) is 0.242. The van der Waals surface area contributed by atoms with Crippen LogP contribution in [-0.2, 0) is 4.79 Å². The Labute approximate surface area is 180 Å². The number of rotatable bonds is 3. The molecule has 1 fully saturated rings. The molecule has 2 atom stereocenters. The van der Waals surface area contributed by atoms with E-state index in [4.69, 9.17) is 11.6 Å². The summed E-state index contributed by atoms with van der Waals surface area (Å²) < 4.78 is 0. The van der Waals surface area contributed by atoms with E-state index in [0.29, 0.717) is 27.1 Å². The van der Waals surface area contributed by atoms with E-state index in [1.54, 1.807) is 12.1 Å². The van der Waals surface area contributed by atoms with Crippen molar-refractivity contribution in [1.82, 2.24) is 5.32 Å². The zero-order valence-corrected chi connectivity index (χ0v) is 17.8. The molecule has 29 heavy (non-hydrogen) atoms. The van der Waals surface area contributed by atoms with Crippen molar-refractivity contribution in [3.05, 3.63) is 63.5 Å². The lowest BCUT2D eigenvalue weighted by Crippen LogP contribution is -2.41. The van der Waals surface area contributed by atoms with Gasteiger partial charge in [0.15, 0.2) is 0 Å². The molecule has 1 aliphatic heterocycles. The van der Waals surface area contributed by atoms with Gasteiger partial charge in [0.2, 0.25) is 0 Å². The number of hydrogen-bond donors (Lipinski definition) is 2. The molecule has 2 aromatic carbocycles. The Balaban J connectivity index is 1.51. The monoisotopic (exact) mass is 426 g/mol. The molecule has 1 saturated carbocycles. The number of nitrogens with one attached hydrogen (secondary N) is 2. The van der Waals surface area contributed by atoms with Gasteiger partial charge in [0.05, 0.1) is 10.6 Å². The van der Waals surface area contributed by atoms with Crippen LogP contribution in [0.2, 0.25) is 5.02 Å². The molecule has 0 radical (unpaired) electrons. The Kier molecular flexibility index (Phi) is 5.97. The minimum atomic E-state index is -0.180. The number of halogens is 1. The Morgan fingerprint density at radius 2 is 2.03 bits per heavy atom. The first-order valence-corrected chi connectivity index (χ1v) is 11.1. The molecular formula is C23H23ClN2O2S. The van der Waals surface area contributed by atoms with Gasteiger partial charge in [-0.25, -0.2) is 0 Å². The summed E-state index contributed by atoms with van der Waals surface area (Å²) in [5.41, 5.74) is 2.12. The van der Waals surface area contributed by atoms with Gasteiger partial charge in [0, 0.05) is 21.5 Å². The van der Waals surface area contributed by atoms with Gasteiger partial charge in [-0.3, -0.25) is 9.59 Å². The van der Waals surface area contributed by atoms with Crippen molar-refractivity contribution < 1.29 is 9.59 Å². The molecule has 0 aromatic heterocycles. The Hall–Kier alpha value is -2.24. The predicted molar refractivity (Wildman–Crippen MR) is 119 cm³/mol. The first kappa shape index (κ1) is 20.0. The Bertz CT molecular complexity index is 989. The van der Waals surface area contributed by atoms with E-state index in [9.17, 15) is 9.59 Å². The molecule has 6 heteroatoms. The van der Waals surface area contributed by atoms with Crippen molar-refractivity contribution in [3.63, 3.8) is 0 Å². The Morgan fingerprint density at radius 1 is 1.21 bits per heavy atom. The molecule has 0 bridgehead atoms. The maximum absolute atomic E-state index is 12.7. The molecule has 1 heterocycles. The van der Waals surface area contributed by atoms with Crippen LogP contribution >= 0.6 is 23.4 Å². The third-order valence-corrected chi connectivity index (χ3v) is 6.84. The lowest BCUT2D eigenvalue weighted by molar-refractivity contribution is -0.112. The van der Waals surface area contributed by atoms with E-state index in [0.717, 1.165) is 29.7 Å². The second kappa shape index (κ2) is 8.64. The van der Waals surface area contributed by atoms with Gasteiger partial charge in [-0.2, -0.15) is 0 Å². The second-order valence-electron chi connectivity index (χ2n) is 7.67. The number of fused-ring (bicyclic) bond motifs is 1. The van der Waals surface area contributed by atoms with E-state index in [-0.39, 0.29) is 17.9 Å². The number of benzene rings is 2. The third-order valence-electron chi connectivity index (χ3n) is 5.51. The quantitative estimate of drug-likeness (QED) is 0.616. The topological polar surface area (TPSA) is 58.2 Å². The average Bonchev–Trinajstić information content (AvgIpc) is 2.70. The molecule has 2 amide bonds. The summed E-state index contributed by atoms with van der Waals surface area (Å²) in [6.45, 7) is 2.20. The number of amides is 2. The number of anilines is 1. The van der Waals surface area contributed by atoms with Gasteiger partial charge in [0.25, 0.3) is 11.8 Å². The Morgan fingerprint density at radius 3 is 2.83 bits per heavy atom. The standard InChI is InChI=1S/C23H23ClN2O2S/c1-14-5-2-3-8-18(14)25-22(27)16-9-10-20-19(13-16)26-23(28)21(29-20)12-15-6-4-7-17(24)11-15/h4,6-7,9-14,18H,2-3,5,8H2,1H3,(H,25,27)(H,26,28)/b21-12+/t14-,18+/m0/s1. The van der Waals surface area contributed by atoms with E-state index in [1.807, 2.05) is 36.4 Å². The largest absolute Gasteiger partial charge is 0.349 e. The van der Waals surface area contributed by atoms with Crippen LogP contribution in [0, 0.1) is 5.92 Å². The highest BCUT2D eigenvalue weighted by molar-refractivity contribution is 8.04. The highest BCUT2D eigenvalue weighted by atomic mass is 35.5. The summed E-state index contributed by atoms with van der Waals surface area (Å²) >= 11 is 7.43. The fraction of sp³-hybridized carbons (Fsp3) is 0.304. The van der Waals surface area contributed by atoms with Crippen molar-refractivity contribution >= 4 is 46.9 Å². The summed E-state index contributed by atoms with van der Waals surface area (Å²) in [5, 5.41) is 6.71. The highest BCUT2D eigenvalue weighted by Gasteiger charge is 2.25. The zero-order chi connectivity index (χ0) is 20.4. The van der Waals surface area contributed by atoms with Crippen molar-refractivity contribution in [2.24, 2.45) is 5.92 Å². The summed E-state index contributed by atoms with van der Waals surface area (Å²) in [4.78, 5) is 26.8. The van der Waals surface area contributed by atoms with Crippen LogP contribution in [0.5, 0.6) is 0 Å².